The van der Waals surface area contributed by atoms with Crippen molar-refractivity contribution in [2.75, 3.05) is 0 Å². The summed E-state index contributed by atoms with van der Waals surface area (Å²) in [7, 11) is 1.87. The number of nitrogens with zero attached hydrogens (tertiary/aromatic N) is 3. The molecule has 2 heterocycles. The zero-order valence-electron chi connectivity index (χ0n) is 13.2. The molecule has 0 spiro atoms. The van der Waals surface area contributed by atoms with Crippen molar-refractivity contribution in [2.45, 2.75) is 13.5 Å². The van der Waals surface area contributed by atoms with Gasteiger partial charge in [-0.2, -0.15) is 5.10 Å². The maximum Gasteiger partial charge on any atom is 0.251 e. The predicted octanol–water partition coefficient (Wildman–Crippen LogP) is 2.72. The molecule has 0 saturated heterocycles. The molecular formula is C18H18N4O. The molecule has 0 bridgehead atoms. The smallest absolute Gasteiger partial charge is 0.251 e. The molecule has 0 aliphatic carbocycles. The fourth-order valence-electron chi connectivity index (χ4n) is 2.32. The number of hydrogen-bond donors (Lipinski definition) is 1. The van der Waals surface area contributed by atoms with E-state index in [-0.39, 0.29) is 5.91 Å². The van der Waals surface area contributed by atoms with Crippen LogP contribution in [0.25, 0.3) is 11.3 Å². The third-order valence-corrected chi connectivity index (χ3v) is 3.56. The van der Waals surface area contributed by atoms with Gasteiger partial charge >= 0.3 is 0 Å². The van der Waals surface area contributed by atoms with Crippen molar-refractivity contribution in [3.63, 3.8) is 0 Å². The minimum Gasteiger partial charge on any atom is -0.348 e. The van der Waals surface area contributed by atoms with Crippen LogP contribution in [0.1, 0.15) is 21.5 Å². The molecule has 1 aromatic carbocycles. The van der Waals surface area contributed by atoms with Crippen LogP contribution in [0, 0.1) is 6.92 Å². The van der Waals surface area contributed by atoms with Crippen LogP contribution < -0.4 is 5.32 Å². The van der Waals surface area contributed by atoms with Gasteiger partial charge in [-0.25, -0.2) is 0 Å². The number of aromatic nitrogens is 3. The van der Waals surface area contributed by atoms with Crippen LogP contribution in [-0.4, -0.2) is 20.7 Å². The maximum atomic E-state index is 12.1. The summed E-state index contributed by atoms with van der Waals surface area (Å²) in [6, 6.07) is 11.4. The van der Waals surface area contributed by atoms with Crippen LogP contribution in [0.2, 0.25) is 0 Å². The zero-order chi connectivity index (χ0) is 16.2. The minimum absolute atomic E-state index is 0.0787. The summed E-state index contributed by atoms with van der Waals surface area (Å²) in [6.07, 6.45) is 5.47. The van der Waals surface area contributed by atoms with E-state index in [9.17, 15) is 4.79 Å². The second kappa shape index (κ2) is 6.44. The number of carbonyl (C=O) groups excluding carboxylic acids is 1. The molecule has 23 heavy (non-hydrogen) atoms. The molecule has 3 aromatic rings. The van der Waals surface area contributed by atoms with Crippen LogP contribution in [-0.2, 0) is 13.6 Å². The maximum absolute atomic E-state index is 12.1. The van der Waals surface area contributed by atoms with E-state index in [1.54, 1.807) is 17.1 Å². The van der Waals surface area contributed by atoms with Crippen molar-refractivity contribution >= 4 is 5.91 Å². The number of rotatable bonds is 4. The van der Waals surface area contributed by atoms with E-state index < -0.39 is 0 Å². The first kappa shape index (κ1) is 15.0. The Balaban J connectivity index is 1.63. The molecule has 0 atom stereocenters. The van der Waals surface area contributed by atoms with E-state index in [2.05, 4.69) is 15.4 Å². The number of aryl methyl sites for hydroxylation is 2. The third kappa shape index (κ3) is 3.63. The van der Waals surface area contributed by atoms with E-state index in [1.165, 1.54) is 0 Å². The highest BCUT2D eigenvalue weighted by Gasteiger charge is 2.06. The Morgan fingerprint density at radius 3 is 2.74 bits per heavy atom. The lowest BCUT2D eigenvalue weighted by atomic mass is 10.1. The fraction of sp³-hybridized carbons (Fsp3) is 0.167. The summed E-state index contributed by atoms with van der Waals surface area (Å²) in [5.41, 5.74) is 4.54. The topological polar surface area (TPSA) is 59.8 Å². The fourth-order valence-corrected chi connectivity index (χ4v) is 2.32. The predicted molar refractivity (Wildman–Crippen MR) is 88.8 cm³/mol. The average Bonchev–Trinajstić information content (AvgIpc) is 2.99. The van der Waals surface area contributed by atoms with Gasteiger partial charge in [0.25, 0.3) is 5.91 Å². The van der Waals surface area contributed by atoms with Gasteiger partial charge in [0.05, 0.1) is 11.9 Å². The van der Waals surface area contributed by atoms with Gasteiger partial charge < -0.3 is 5.32 Å². The summed E-state index contributed by atoms with van der Waals surface area (Å²) in [5.74, 6) is -0.0787. The number of pyridine rings is 1. The standard InChI is InChI=1S/C18H18N4O/c1-13-4-3-5-15(8-13)18(23)20-10-14-6-7-17(19-9-14)16-11-21-22(2)12-16/h3-9,11-12H,10H2,1-2H3,(H,20,23). The summed E-state index contributed by atoms with van der Waals surface area (Å²) in [4.78, 5) is 16.5. The SMILES string of the molecule is Cc1cccc(C(=O)NCc2ccc(-c3cnn(C)c3)nc2)c1. The molecule has 0 aliphatic rings. The van der Waals surface area contributed by atoms with Gasteiger partial charge in [-0.1, -0.05) is 23.8 Å². The largest absolute Gasteiger partial charge is 0.348 e. The van der Waals surface area contributed by atoms with Crippen LogP contribution >= 0.6 is 0 Å². The molecule has 5 nitrogen and oxygen atoms in total. The summed E-state index contributed by atoms with van der Waals surface area (Å²) < 4.78 is 1.74. The molecule has 0 aliphatic heterocycles. The lowest BCUT2D eigenvalue weighted by Crippen LogP contribution is -2.22. The molecule has 1 N–H and O–H groups in total. The molecule has 2 aromatic heterocycles. The minimum atomic E-state index is -0.0787. The van der Waals surface area contributed by atoms with Crippen molar-refractivity contribution in [1.82, 2.24) is 20.1 Å². The first-order valence-electron chi connectivity index (χ1n) is 7.40. The Labute approximate surface area is 135 Å². The second-order valence-corrected chi connectivity index (χ2v) is 5.51. The van der Waals surface area contributed by atoms with Gasteiger partial charge in [0.15, 0.2) is 0 Å². The van der Waals surface area contributed by atoms with Crippen molar-refractivity contribution in [1.29, 1.82) is 0 Å². The van der Waals surface area contributed by atoms with Crippen LogP contribution in [0.4, 0.5) is 0 Å². The summed E-state index contributed by atoms with van der Waals surface area (Å²) >= 11 is 0. The highest BCUT2D eigenvalue weighted by atomic mass is 16.1. The summed E-state index contributed by atoms with van der Waals surface area (Å²) in [5, 5.41) is 7.05. The Morgan fingerprint density at radius 2 is 2.09 bits per heavy atom. The highest BCUT2D eigenvalue weighted by molar-refractivity contribution is 5.94. The molecule has 0 fully saturated rings. The van der Waals surface area contributed by atoms with Crippen LogP contribution in [0.3, 0.4) is 0 Å². The highest BCUT2D eigenvalue weighted by Crippen LogP contribution is 2.15. The van der Waals surface area contributed by atoms with Crippen LogP contribution in [0.15, 0.2) is 55.0 Å². The van der Waals surface area contributed by atoms with Crippen molar-refractivity contribution < 1.29 is 4.79 Å². The number of hydrogen-bond acceptors (Lipinski definition) is 3. The monoisotopic (exact) mass is 306 g/mol. The van der Waals surface area contributed by atoms with Gasteiger partial charge in [0.1, 0.15) is 0 Å². The van der Waals surface area contributed by atoms with Gasteiger partial charge in [-0.3, -0.25) is 14.5 Å². The molecular weight excluding hydrogens is 288 g/mol. The molecule has 0 saturated carbocycles. The summed E-state index contributed by atoms with van der Waals surface area (Å²) in [6.45, 7) is 2.42. The Hall–Kier alpha value is -2.95. The molecule has 116 valence electrons. The van der Waals surface area contributed by atoms with E-state index >= 15 is 0 Å². The van der Waals surface area contributed by atoms with E-state index in [0.29, 0.717) is 12.1 Å². The average molecular weight is 306 g/mol. The van der Waals surface area contributed by atoms with Crippen molar-refractivity contribution in [3.05, 3.63) is 71.7 Å². The Bertz CT molecular complexity index is 821. The first-order valence-corrected chi connectivity index (χ1v) is 7.40. The van der Waals surface area contributed by atoms with E-state index in [4.69, 9.17) is 0 Å². The first-order chi connectivity index (χ1) is 11.1. The van der Waals surface area contributed by atoms with Gasteiger partial charge in [0, 0.05) is 37.1 Å². The molecule has 1 amide bonds. The number of carbonyl (C=O) groups is 1. The number of benzene rings is 1. The third-order valence-electron chi connectivity index (χ3n) is 3.56. The molecule has 0 unspecified atom stereocenters. The molecule has 3 rings (SSSR count). The van der Waals surface area contributed by atoms with E-state index in [1.807, 2.05) is 56.6 Å². The van der Waals surface area contributed by atoms with Crippen LogP contribution in [0.5, 0.6) is 0 Å². The zero-order valence-corrected chi connectivity index (χ0v) is 13.2. The number of nitrogens with one attached hydrogen (secondary N) is 1. The van der Waals surface area contributed by atoms with Crippen molar-refractivity contribution in [2.24, 2.45) is 7.05 Å². The molecule has 5 heteroatoms. The van der Waals surface area contributed by atoms with Gasteiger partial charge in [-0.05, 0) is 30.7 Å². The molecule has 0 radical (unpaired) electrons. The second-order valence-electron chi connectivity index (χ2n) is 5.51. The Kier molecular flexibility index (Phi) is 4.19. The lowest BCUT2D eigenvalue weighted by molar-refractivity contribution is 0.0951. The Morgan fingerprint density at radius 1 is 1.22 bits per heavy atom. The normalized spacial score (nSPS) is 10.5. The van der Waals surface area contributed by atoms with Gasteiger partial charge in [-0.15, -0.1) is 0 Å². The van der Waals surface area contributed by atoms with Gasteiger partial charge in [0.2, 0.25) is 0 Å². The van der Waals surface area contributed by atoms with E-state index in [0.717, 1.165) is 22.4 Å². The van der Waals surface area contributed by atoms with Crippen molar-refractivity contribution in [3.8, 4) is 11.3 Å². The quantitative estimate of drug-likeness (QED) is 0.806. The number of amides is 1. The lowest BCUT2D eigenvalue weighted by Gasteiger charge is -2.06.